The second-order valence-corrected chi connectivity index (χ2v) is 18.5. The fourth-order valence-electron chi connectivity index (χ4n) is 8.59. The van der Waals surface area contributed by atoms with Crippen molar-refractivity contribution in [1.29, 1.82) is 5.26 Å². The molecule has 7 rings (SSSR count). The first-order chi connectivity index (χ1) is 30.5. The average molecular weight is 896 g/mol. The van der Waals surface area contributed by atoms with Crippen LogP contribution in [0, 0.1) is 11.3 Å². The molecule has 2 saturated heterocycles. The number of hydrogen-bond acceptors (Lipinski definition) is 14. The van der Waals surface area contributed by atoms with Gasteiger partial charge in [-0.2, -0.15) is 10.2 Å². The summed E-state index contributed by atoms with van der Waals surface area (Å²) in [5.74, 6) is 0.571. The van der Waals surface area contributed by atoms with Crippen molar-refractivity contribution in [3.63, 3.8) is 0 Å². The molecule has 2 aliphatic rings. The summed E-state index contributed by atoms with van der Waals surface area (Å²) in [6.07, 6.45) is -1.73. The highest BCUT2D eigenvalue weighted by Crippen LogP contribution is 2.53. The summed E-state index contributed by atoms with van der Waals surface area (Å²) < 4.78 is 53.1. The van der Waals surface area contributed by atoms with Crippen LogP contribution in [0.4, 0.5) is 17.2 Å². The van der Waals surface area contributed by atoms with E-state index >= 15 is 0 Å². The molecule has 0 radical (unpaired) electrons. The number of aromatic nitrogens is 2. The topological polar surface area (TPSA) is 205 Å². The van der Waals surface area contributed by atoms with E-state index in [0.717, 1.165) is 16.7 Å². The van der Waals surface area contributed by atoms with Gasteiger partial charge in [0.15, 0.2) is 12.0 Å². The smallest absolute Gasteiger partial charge is 0.369 e. The monoisotopic (exact) mass is 895 g/mol. The molecule has 3 N–H and O–H groups in total. The van der Waals surface area contributed by atoms with E-state index in [1.54, 1.807) is 45.0 Å². The number of fused-ring (bicyclic) bond motifs is 1. The first kappa shape index (κ1) is 46.1. The molecule has 0 aliphatic carbocycles. The molecule has 17 nitrogen and oxygen atoms in total. The lowest BCUT2D eigenvalue weighted by molar-refractivity contribution is -0.195. The van der Waals surface area contributed by atoms with Crippen molar-refractivity contribution in [2.75, 3.05) is 43.1 Å². The summed E-state index contributed by atoms with van der Waals surface area (Å²) in [5, 5.41) is 18.5. The zero-order valence-electron chi connectivity index (χ0n) is 37.1. The zero-order valence-corrected chi connectivity index (χ0v) is 38.0. The van der Waals surface area contributed by atoms with Crippen LogP contribution in [0.1, 0.15) is 70.9 Å². The maximum atomic E-state index is 14.4. The van der Waals surface area contributed by atoms with Crippen LogP contribution < -0.4 is 41.7 Å². The van der Waals surface area contributed by atoms with E-state index in [1.165, 1.54) is 4.57 Å². The van der Waals surface area contributed by atoms with Crippen LogP contribution in [0.3, 0.4) is 0 Å². The predicted molar refractivity (Wildman–Crippen MR) is 242 cm³/mol. The van der Waals surface area contributed by atoms with Gasteiger partial charge in [0, 0.05) is 24.8 Å². The number of anilines is 3. The van der Waals surface area contributed by atoms with E-state index in [0.29, 0.717) is 11.5 Å². The second-order valence-electron chi connectivity index (χ2n) is 16.6. The van der Waals surface area contributed by atoms with Crippen LogP contribution in [0.2, 0.25) is 0 Å². The van der Waals surface area contributed by atoms with Gasteiger partial charge in [-0.05, 0) is 88.6 Å². The minimum Gasteiger partial charge on any atom is -0.497 e. The van der Waals surface area contributed by atoms with Crippen molar-refractivity contribution < 1.29 is 32.8 Å². The van der Waals surface area contributed by atoms with Gasteiger partial charge in [0.1, 0.15) is 52.5 Å². The molecule has 2 unspecified atom stereocenters. The first-order valence-corrected chi connectivity index (χ1v) is 22.6. The number of rotatable bonds is 19. The lowest BCUT2D eigenvalue weighted by Gasteiger charge is -2.37. The van der Waals surface area contributed by atoms with E-state index in [2.05, 4.69) is 20.7 Å². The molecular formula is C46H54N7O10P. The van der Waals surface area contributed by atoms with Gasteiger partial charge >= 0.3 is 13.4 Å². The molecule has 1 aromatic heterocycles. The van der Waals surface area contributed by atoms with Gasteiger partial charge in [0.25, 0.3) is 10.9 Å². The van der Waals surface area contributed by atoms with E-state index in [1.807, 2.05) is 113 Å². The standard InChI is InChI=1S/C46H54N7O10P/c1-28(2)53(29(3)4)64(57,60-26-12-24-47)51-38-37(39(54)40(38)55)48-27-35-41-42(63-45(5,6)62-41)43(61-35)52-25-23-36(49-44(52)56)50-46(30-13-10-9-11-14-30,31-15-19-33(58-7)20-16-31)32-17-21-34(59-8)22-18-32/h9-11,13-23,25,28-29,35,41-43,48H,12,26-27H2,1-8H3,(H,51,57)(H,49,50,56)/t35?,41-,42-,43-,64?/m1/s1. The summed E-state index contributed by atoms with van der Waals surface area (Å²) in [4.78, 5) is 44.8. The molecule has 0 bridgehead atoms. The highest BCUT2D eigenvalue weighted by atomic mass is 31.2. The van der Waals surface area contributed by atoms with Crippen molar-refractivity contribution in [2.24, 2.45) is 0 Å². The van der Waals surface area contributed by atoms with Crippen LogP contribution in [0.25, 0.3) is 0 Å². The van der Waals surface area contributed by atoms with Crippen molar-refractivity contribution >= 4 is 24.9 Å². The Hall–Kier alpha value is -5.86. The Morgan fingerprint density at radius 1 is 0.844 bits per heavy atom. The molecule has 0 spiro atoms. The molecule has 5 aromatic rings. The SMILES string of the molecule is COc1ccc(C(Nc2ccn([C@@H]3OC(CNc4c(NP(=O)(OCCC#N)N(C(C)C)C(C)C)c(=O)c4=O)[C@H]4OC(C)(C)O[C@H]43)c(=O)n2)(c2ccccc2)c2ccc(OC)cc2)cc1. The first-order valence-electron chi connectivity index (χ1n) is 21.0. The lowest BCUT2D eigenvalue weighted by atomic mass is 9.77. The Bertz CT molecular complexity index is 2590. The summed E-state index contributed by atoms with van der Waals surface area (Å²) in [5.41, 5.74) is -1.12. The van der Waals surface area contributed by atoms with Crippen molar-refractivity contribution in [3.8, 4) is 17.6 Å². The third-order valence-electron chi connectivity index (χ3n) is 11.3. The molecule has 4 aromatic carbocycles. The lowest BCUT2D eigenvalue weighted by Crippen LogP contribution is -2.43. The zero-order chi connectivity index (χ0) is 46.0. The Morgan fingerprint density at radius 3 is 1.95 bits per heavy atom. The van der Waals surface area contributed by atoms with Crippen LogP contribution in [-0.4, -0.2) is 77.8 Å². The minimum absolute atomic E-state index is 0.0341. The number of nitrogens with zero attached hydrogens (tertiary/aromatic N) is 4. The normalized spacial score (nSPS) is 20.2. The quantitative estimate of drug-likeness (QED) is 0.0357. The van der Waals surface area contributed by atoms with Crippen molar-refractivity contribution in [1.82, 2.24) is 14.2 Å². The molecule has 2 fully saturated rings. The van der Waals surface area contributed by atoms with Crippen molar-refractivity contribution in [3.05, 3.63) is 139 Å². The largest absolute Gasteiger partial charge is 0.497 e. The molecule has 0 saturated carbocycles. The fourth-order valence-corrected chi connectivity index (χ4v) is 11.0. The third-order valence-corrected chi connectivity index (χ3v) is 13.9. The van der Waals surface area contributed by atoms with Gasteiger partial charge < -0.3 is 38.8 Å². The maximum absolute atomic E-state index is 14.4. The number of hydrogen-bond donors (Lipinski definition) is 3. The van der Waals surface area contributed by atoms with Crippen LogP contribution >= 0.6 is 7.67 Å². The summed E-state index contributed by atoms with van der Waals surface area (Å²) in [6.45, 7) is 10.6. The molecule has 64 heavy (non-hydrogen) atoms. The summed E-state index contributed by atoms with van der Waals surface area (Å²) in [7, 11) is -0.775. The highest BCUT2D eigenvalue weighted by molar-refractivity contribution is 7.58. The predicted octanol–water partition coefficient (Wildman–Crippen LogP) is 6.36. The number of ether oxygens (including phenoxy) is 5. The maximum Gasteiger partial charge on any atom is 0.369 e. The average Bonchev–Trinajstić information content (AvgIpc) is 3.77. The molecule has 338 valence electrons. The van der Waals surface area contributed by atoms with Gasteiger partial charge in [-0.1, -0.05) is 54.6 Å². The second kappa shape index (κ2) is 18.7. The van der Waals surface area contributed by atoms with E-state index in [9.17, 15) is 18.9 Å². The van der Waals surface area contributed by atoms with Crippen molar-refractivity contribution in [2.45, 2.75) is 95.9 Å². The summed E-state index contributed by atoms with van der Waals surface area (Å²) in [6, 6.07) is 28.2. The van der Waals surface area contributed by atoms with Crippen LogP contribution in [0.15, 0.2) is 106 Å². The van der Waals surface area contributed by atoms with Gasteiger partial charge in [0.05, 0.1) is 33.3 Å². The molecule has 0 amide bonds. The summed E-state index contributed by atoms with van der Waals surface area (Å²) >= 11 is 0. The Morgan fingerprint density at radius 2 is 1.41 bits per heavy atom. The van der Waals surface area contributed by atoms with E-state index in [4.69, 9.17) is 33.5 Å². The molecular weight excluding hydrogens is 842 g/mol. The van der Waals surface area contributed by atoms with Gasteiger partial charge in [-0.3, -0.25) is 19.2 Å². The number of nitriles is 1. The highest BCUT2D eigenvalue weighted by Gasteiger charge is 2.56. The van der Waals surface area contributed by atoms with Gasteiger partial charge in [0.2, 0.25) is 0 Å². The molecule has 3 heterocycles. The van der Waals surface area contributed by atoms with Gasteiger partial charge in [-0.25, -0.2) is 14.0 Å². The Kier molecular flexibility index (Phi) is 13.5. The number of benzene rings is 3. The van der Waals surface area contributed by atoms with Crippen LogP contribution in [-0.2, 0) is 28.8 Å². The van der Waals surface area contributed by atoms with Crippen LogP contribution in [0.5, 0.6) is 11.5 Å². The number of methoxy groups -OCH3 is 2. The number of nitrogens with one attached hydrogen (secondary N) is 3. The molecule has 18 heteroatoms. The Balaban J connectivity index is 1.18. The fraction of sp³-hybridized carbons (Fsp3) is 0.413. The van der Waals surface area contributed by atoms with E-state index < -0.39 is 60.1 Å². The van der Waals surface area contributed by atoms with E-state index in [-0.39, 0.29) is 48.8 Å². The third kappa shape index (κ3) is 8.94. The molecule has 2 aliphatic heterocycles. The van der Waals surface area contributed by atoms with Gasteiger partial charge in [-0.15, -0.1) is 0 Å². The molecule has 5 atom stereocenters. The Labute approximate surface area is 371 Å². The minimum atomic E-state index is -3.99.